The highest BCUT2D eigenvalue weighted by atomic mass is 16.6. The topological polar surface area (TPSA) is 52.6 Å². The second kappa shape index (κ2) is 5.21. The van der Waals surface area contributed by atoms with E-state index in [1.54, 1.807) is 12.1 Å². The Labute approximate surface area is 107 Å². The minimum Gasteiger partial charge on any atom is -0.465 e. The Kier molecular flexibility index (Phi) is 4.11. The van der Waals surface area contributed by atoms with E-state index in [1.165, 1.54) is 14.2 Å². The van der Waals surface area contributed by atoms with Crippen molar-refractivity contribution in [2.45, 2.75) is 26.2 Å². The Morgan fingerprint density at radius 2 is 1.44 bits per heavy atom. The second-order valence-electron chi connectivity index (χ2n) is 4.99. The Balaban J connectivity index is 3.39. The number of rotatable bonds is 2. The van der Waals surface area contributed by atoms with Crippen LogP contribution in [0.3, 0.4) is 0 Å². The monoisotopic (exact) mass is 252 g/mol. The molecule has 0 N–H and O–H groups in total. The molecule has 0 aromatic heterocycles. The molecule has 0 aliphatic rings. The first-order chi connectivity index (χ1) is 8.31. The third-order valence-electron chi connectivity index (χ3n) is 2.70. The minimum atomic E-state index is -0.546. The summed E-state index contributed by atoms with van der Waals surface area (Å²) < 4.78 is 9.34. The number of benzene rings is 1. The van der Waals surface area contributed by atoms with Gasteiger partial charge in [0.2, 0.25) is 0 Å². The molecular formula is C14H18O4. The van der Waals surface area contributed by atoms with Crippen LogP contribution in [-0.2, 0) is 14.9 Å². The molecule has 0 saturated carbocycles. The van der Waals surface area contributed by atoms with Crippen molar-refractivity contribution in [3.63, 3.8) is 0 Å². The van der Waals surface area contributed by atoms with Crippen LogP contribution >= 0.6 is 0 Å². The summed E-state index contributed by atoms with van der Waals surface area (Å²) in [4.78, 5) is 23.3. The van der Waals surface area contributed by atoms with Crippen LogP contribution < -0.4 is 0 Å². The third kappa shape index (κ3) is 2.88. The summed E-state index contributed by atoms with van der Waals surface area (Å²) in [5.41, 5.74) is 1.29. The van der Waals surface area contributed by atoms with Gasteiger partial charge in [-0.25, -0.2) is 9.59 Å². The van der Waals surface area contributed by atoms with E-state index in [0.717, 1.165) is 5.56 Å². The number of methoxy groups -OCH3 is 2. The van der Waals surface area contributed by atoms with Crippen LogP contribution in [-0.4, -0.2) is 26.2 Å². The number of ether oxygens (including phenoxy) is 2. The van der Waals surface area contributed by atoms with Crippen molar-refractivity contribution in [2.24, 2.45) is 0 Å². The summed E-state index contributed by atoms with van der Waals surface area (Å²) in [6, 6.07) is 5.09. The van der Waals surface area contributed by atoms with Gasteiger partial charge in [-0.15, -0.1) is 0 Å². The van der Waals surface area contributed by atoms with Crippen LogP contribution in [0.4, 0.5) is 0 Å². The summed E-state index contributed by atoms with van der Waals surface area (Å²) in [5.74, 6) is -1.09. The van der Waals surface area contributed by atoms with Crippen LogP contribution in [0.15, 0.2) is 18.2 Å². The number of hydrogen-bond donors (Lipinski definition) is 0. The lowest BCUT2D eigenvalue weighted by Gasteiger charge is -2.20. The number of carbonyl (C=O) groups excluding carboxylic acids is 2. The quantitative estimate of drug-likeness (QED) is 0.599. The van der Waals surface area contributed by atoms with E-state index in [9.17, 15) is 9.59 Å². The molecular weight excluding hydrogens is 234 g/mol. The second-order valence-corrected chi connectivity index (χ2v) is 4.99. The van der Waals surface area contributed by atoms with Gasteiger partial charge in [0.05, 0.1) is 25.3 Å². The van der Waals surface area contributed by atoms with Gasteiger partial charge in [0.25, 0.3) is 0 Å². The first-order valence-electron chi connectivity index (χ1n) is 5.62. The normalized spacial score (nSPS) is 10.9. The first kappa shape index (κ1) is 14.2. The molecule has 98 valence electrons. The fourth-order valence-electron chi connectivity index (χ4n) is 1.58. The Morgan fingerprint density at radius 1 is 0.944 bits per heavy atom. The standard InChI is InChI=1S/C14H18O4/c1-14(2,3)9-6-7-10(12(15)17-4)11(8-9)13(16)18-5/h6-8H,1-5H3/i12+1,13+1. The number of hydrogen-bond acceptors (Lipinski definition) is 4. The zero-order chi connectivity index (χ0) is 13.9. The van der Waals surface area contributed by atoms with E-state index in [2.05, 4.69) is 4.74 Å². The molecule has 0 unspecified atom stereocenters. The summed E-state index contributed by atoms with van der Waals surface area (Å²) in [7, 11) is 2.56. The maximum Gasteiger partial charge on any atom is 0.338 e. The lowest BCUT2D eigenvalue weighted by Crippen LogP contribution is -2.16. The van der Waals surface area contributed by atoms with E-state index in [4.69, 9.17) is 4.74 Å². The summed E-state index contributed by atoms with van der Waals surface area (Å²) >= 11 is 0. The maximum atomic E-state index is 11.7. The molecule has 0 atom stereocenters. The minimum absolute atomic E-state index is 0.114. The zero-order valence-corrected chi connectivity index (χ0v) is 11.4. The van der Waals surface area contributed by atoms with E-state index < -0.39 is 11.9 Å². The van der Waals surface area contributed by atoms with Gasteiger partial charge in [0, 0.05) is 0 Å². The molecule has 4 heteroatoms. The van der Waals surface area contributed by atoms with Crippen molar-refractivity contribution < 1.29 is 19.1 Å². The largest absolute Gasteiger partial charge is 0.465 e. The molecule has 0 spiro atoms. The van der Waals surface area contributed by atoms with Crippen molar-refractivity contribution in [2.75, 3.05) is 14.2 Å². The van der Waals surface area contributed by atoms with Gasteiger partial charge < -0.3 is 9.47 Å². The number of carbonyl (C=O) groups is 2. The van der Waals surface area contributed by atoms with Crippen LogP contribution in [0.25, 0.3) is 0 Å². The van der Waals surface area contributed by atoms with Gasteiger partial charge in [-0.1, -0.05) is 26.8 Å². The van der Waals surface area contributed by atoms with Crippen molar-refractivity contribution in [1.82, 2.24) is 0 Å². The highest BCUT2D eigenvalue weighted by Crippen LogP contribution is 2.25. The predicted molar refractivity (Wildman–Crippen MR) is 67.8 cm³/mol. The molecule has 18 heavy (non-hydrogen) atoms. The van der Waals surface area contributed by atoms with Crippen LogP contribution in [0, 0.1) is 0 Å². The van der Waals surface area contributed by atoms with Gasteiger partial charge in [-0.05, 0) is 23.1 Å². The smallest absolute Gasteiger partial charge is 0.338 e. The van der Waals surface area contributed by atoms with Crippen molar-refractivity contribution in [3.05, 3.63) is 34.9 Å². The summed E-state index contributed by atoms with van der Waals surface area (Å²) in [6.45, 7) is 6.09. The SMILES string of the molecule is CO[13C](=O)c1ccc(C(C)(C)C)cc1[13C](=O)OC. The number of esters is 2. The molecule has 0 fully saturated rings. The molecule has 0 radical (unpaired) electrons. The Morgan fingerprint density at radius 3 is 1.89 bits per heavy atom. The van der Waals surface area contributed by atoms with Crippen LogP contribution in [0.1, 0.15) is 47.1 Å². The molecule has 0 aliphatic heterocycles. The molecule has 1 rings (SSSR count). The molecule has 1 aromatic carbocycles. The third-order valence-corrected chi connectivity index (χ3v) is 2.70. The van der Waals surface area contributed by atoms with E-state index >= 15 is 0 Å². The highest BCUT2D eigenvalue weighted by molar-refractivity contribution is 6.03. The predicted octanol–water partition coefficient (Wildman–Crippen LogP) is 2.56. The van der Waals surface area contributed by atoms with Gasteiger partial charge in [0.15, 0.2) is 0 Å². The molecule has 0 saturated heterocycles. The molecule has 4 nitrogen and oxygen atoms in total. The zero-order valence-electron chi connectivity index (χ0n) is 11.4. The van der Waals surface area contributed by atoms with Crippen LogP contribution in [0.2, 0.25) is 0 Å². The van der Waals surface area contributed by atoms with Gasteiger partial charge in [-0.3, -0.25) is 0 Å². The van der Waals surface area contributed by atoms with Crippen molar-refractivity contribution in [1.29, 1.82) is 0 Å². The Hall–Kier alpha value is -1.84. The fraction of sp³-hybridized carbons (Fsp3) is 0.429. The Bertz CT molecular complexity index is 469. The van der Waals surface area contributed by atoms with Crippen LogP contribution in [0.5, 0.6) is 0 Å². The molecule has 1 aromatic rings. The van der Waals surface area contributed by atoms with E-state index in [0.29, 0.717) is 0 Å². The first-order valence-corrected chi connectivity index (χ1v) is 5.62. The lowest BCUT2D eigenvalue weighted by atomic mass is 9.86. The average Bonchev–Trinajstić information content (AvgIpc) is 2.35. The molecule has 0 bridgehead atoms. The average molecular weight is 252 g/mol. The van der Waals surface area contributed by atoms with Gasteiger partial charge in [0.1, 0.15) is 0 Å². The maximum absolute atomic E-state index is 11.7. The van der Waals surface area contributed by atoms with E-state index in [-0.39, 0.29) is 16.5 Å². The lowest BCUT2D eigenvalue weighted by molar-refractivity contribution is 0.0555. The fourth-order valence-corrected chi connectivity index (χ4v) is 1.58. The van der Waals surface area contributed by atoms with Crippen molar-refractivity contribution >= 4 is 11.9 Å². The highest BCUT2D eigenvalue weighted by Gasteiger charge is 2.22. The van der Waals surface area contributed by atoms with Gasteiger partial charge in [-0.2, -0.15) is 0 Å². The molecule has 0 amide bonds. The van der Waals surface area contributed by atoms with Gasteiger partial charge >= 0.3 is 11.9 Å². The summed E-state index contributed by atoms with van der Waals surface area (Å²) in [6.07, 6.45) is 0. The molecule has 0 heterocycles. The van der Waals surface area contributed by atoms with E-state index in [1.807, 2.05) is 26.8 Å². The van der Waals surface area contributed by atoms with Crippen molar-refractivity contribution in [3.8, 4) is 0 Å². The summed E-state index contributed by atoms with van der Waals surface area (Å²) in [5, 5.41) is 0. The molecule has 0 aliphatic carbocycles.